The number of allylic oxidation sites excluding steroid dienone is 1. The first-order chi connectivity index (χ1) is 16.4. The molecule has 0 spiro atoms. The highest BCUT2D eigenvalue weighted by Gasteiger charge is 2.26. The van der Waals surface area contributed by atoms with Crippen molar-refractivity contribution in [1.29, 1.82) is 10.5 Å². The Bertz CT molecular complexity index is 1350. The highest BCUT2D eigenvalue weighted by molar-refractivity contribution is 5.92. The molecule has 1 atom stereocenters. The number of nitro groups is 1. The molecule has 2 aromatic carbocycles. The van der Waals surface area contributed by atoms with Crippen molar-refractivity contribution >= 4 is 28.8 Å². The van der Waals surface area contributed by atoms with Crippen LogP contribution in [0.15, 0.2) is 48.5 Å². The van der Waals surface area contributed by atoms with E-state index in [0.29, 0.717) is 16.9 Å². The summed E-state index contributed by atoms with van der Waals surface area (Å²) in [6.45, 7) is 2.84. The van der Waals surface area contributed by atoms with Crippen molar-refractivity contribution in [2.45, 2.75) is 32.2 Å². The van der Waals surface area contributed by atoms with Gasteiger partial charge in [-0.3, -0.25) is 10.1 Å². The van der Waals surface area contributed by atoms with E-state index in [2.05, 4.69) is 23.0 Å². The first-order valence-corrected chi connectivity index (χ1v) is 11.0. The van der Waals surface area contributed by atoms with E-state index in [1.54, 1.807) is 24.3 Å². The zero-order chi connectivity index (χ0) is 24.2. The molecule has 1 aliphatic heterocycles. The van der Waals surface area contributed by atoms with Gasteiger partial charge >= 0.3 is 0 Å². The predicted molar refractivity (Wildman–Crippen MR) is 130 cm³/mol. The zero-order valence-electron chi connectivity index (χ0n) is 18.7. The Balaban J connectivity index is 1.78. The predicted octanol–water partition coefficient (Wildman–Crippen LogP) is 4.68. The summed E-state index contributed by atoms with van der Waals surface area (Å²) in [6, 6.07) is 18.3. The minimum atomic E-state index is -0.400. The monoisotopic (exact) mass is 453 g/mol. The number of nitrogens with zero attached hydrogens (tertiary/aromatic N) is 6. The van der Waals surface area contributed by atoms with Gasteiger partial charge in [-0.25, -0.2) is 4.68 Å². The molecule has 0 amide bonds. The zero-order valence-corrected chi connectivity index (χ0v) is 18.7. The molecule has 0 unspecified atom stereocenters. The molecule has 4 rings (SSSR count). The van der Waals surface area contributed by atoms with E-state index in [0.717, 1.165) is 25.8 Å². The molecule has 1 aliphatic rings. The molecule has 0 bridgehead atoms. The normalized spacial score (nSPS) is 16.0. The van der Waals surface area contributed by atoms with Crippen LogP contribution in [0.2, 0.25) is 0 Å². The average molecular weight is 454 g/mol. The van der Waals surface area contributed by atoms with Gasteiger partial charge in [0.05, 0.1) is 16.2 Å². The van der Waals surface area contributed by atoms with Gasteiger partial charge in [0, 0.05) is 18.7 Å². The number of hydrogen-bond acceptors (Lipinski definition) is 7. The fourth-order valence-corrected chi connectivity index (χ4v) is 4.29. The van der Waals surface area contributed by atoms with E-state index < -0.39 is 4.92 Å². The molecule has 1 fully saturated rings. The maximum Gasteiger partial charge on any atom is 0.293 e. The number of aromatic nitrogens is 2. The second-order valence-corrected chi connectivity index (χ2v) is 8.18. The number of piperidine rings is 1. The van der Waals surface area contributed by atoms with Gasteiger partial charge in [-0.05, 0) is 56.0 Å². The number of nitro benzene ring substituents is 1. The van der Waals surface area contributed by atoms with E-state index in [9.17, 15) is 20.6 Å². The standard InChI is InChI=1S/C25H23N7O2/c1-17-7-5-6-12-30(17)22-11-10-18(14-23(22)32(33)34)13-19(15-26)24-21(16-27)25(28)31(29-24)20-8-3-2-4-9-20/h2-4,8-11,13-14,17H,5-7,12,28H2,1H3/b19-13+/t17-/m0/s1. The summed E-state index contributed by atoms with van der Waals surface area (Å²) < 4.78 is 1.41. The van der Waals surface area contributed by atoms with Crippen molar-refractivity contribution in [1.82, 2.24) is 9.78 Å². The van der Waals surface area contributed by atoms with Gasteiger partial charge in [0.1, 0.15) is 34.9 Å². The van der Waals surface area contributed by atoms with Gasteiger partial charge < -0.3 is 10.6 Å². The van der Waals surface area contributed by atoms with Crippen LogP contribution in [-0.2, 0) is 0 Å². The molecular weight excluding hydrogens is 430 g/mol. The second kappa shape index (κ2) is 9.47. The molecule has 0 radical (unpaired) electrons. The fourth-order valence-electron chi connectivity index (χ4n) is 4.29. The van der Waals surface area contributed by atoms with Gasteiger partial charge in [0.2, 0.25) is 0 Å². The molecule has 0 saturated carbocycles. The lowest BCUT2D eigenvalue weighted by molar-refractivity contribution is -0.384. The fraction of sp³-hybridized carbons (Fsp3) is 0.240. The van der Waals surface area contributed by atoms with Crippen molar-refractivity contribution in [3.63, 3.8) is 0 Å². The van der Waals surface area contributed by atoms with Gasteiger partial charge in [-0.15, -0.1) is 0 Å². The van der Waals surface area contributed by atoms with Gasteiger partial charge in [0.15, 0.2) is 0 Å². The summed E-state index contributed by atoms with van der Waals surface area (Å²) in [5.41, 5.74) is 8.12. The van der Waals surface area contributed by atoms with Crippen LogP contribution in [0.3, 0.4) is 0 Å². The topological polar surface area (TPSA) is 138 Å². The lowest BCUT2D eigenvalue weighted by Crippen LogP contribution is -2.37. The summed E-state index contributed by atoms with van der Waals surface area (Å²) in [5, 5.41) is 35.8. The molecule has 1 saturated heterocycles. The number of nitrogen functional groups attached to an aromatic ring is 1. The minimum Gasteiger partial charge on any atom is -0.382 e. The number of nitrogens with two attached hydrogens (primary N) is 1. The van der Waals surface area contributed by atoms with Crippen LogP contribution in [0.25, 0.3) is 17.3 Å². The van der Waals surface area contributed by atoms with Crippen molar-refractivity contribution < 1.29 is 4.92 Å². The summed E-state index contributed by atoms with van der Waals surface area (Å²) in [4.78, 5) is 13.5. The molecule has 34 heavy (non-hydrogen) atoms. The molecule has 9 nitrogen and oxygen atoms in total. The van der Waals surface area contributed by atoms with Crippen LogP contribution in [0.1, 0.15) is 43.0 Å². The van der Waals surface area contributed by atoms with E-state index in [1.807, 2.05) is 24.3 Å². The van der Waals surface area contributed by atoms with E-state index in [1.165, 1.54) is 16.8 Å². The quantitative estimate of drug-likeness (QED) is 0.336. The SMILES string of the molecule is C[C@H]1CCCCN1c1ccc(/C=C(\C#N)c2nn(-c3ccccc3)c(N)c2C#N)cc1[N+](=O)[O-]. The number of anilines is 2. The summed E-state index contributed by atoms with van der Waals surface area (Å²) in [6.07, 6.45) is 4.58. The Morgan fingerprint density at radius 3 is 2.65 bits per heavy atom. The Morgan fingerprint density at radius 1 is 1.24 bits per heavy atom. The lowest BCUT2D eigenvalue weighted by Gasteiger charge is -2.35. The van der Waals surface area contributed by atoms with Crippen LogP contribution in [0, 0.1) is 32.8 Å². The number of nitriles is 2. The van der Waals surface area contributed by atoms with Crippen LogP contribution < -0.4 is 10.6 Å². The van der Waals surface area contributed by atoms with E-state index in [-0.39, 0.29) is 34.4 Å². The maximum absolute atomic E-state index is 11.9. The Labute approximate surface area is 197 Å². The highest BCUT2D eigenvalue weighted by atomic mass is 16.6. The molecular formula is C25H23N7O2. The molecule has 170 valence electrons. The second-order valence-electron chi connectivity index (χ2n) is 8.18. The average Bonchev–Trinajstić information content (AvgIpc) is 3.19. The van der Waals surface area contributed by atoms with Crippen LogP contribution in [0.4, 0.5) is 17.2 Å². The molecule has 0 aliphatic carbocycles. The van der Waals surface area contributed by atoms with Crippen molar-refractivity contribution in [2.75, 3.05) is 17.2 Å². The summed E-state index contributed by atoms with van der Waals surface area (Å²) >= 11 is 0. The smallest absolute Gasteiger partial charge is 0.293 e. The number of para-hydroxylation sites is 1. The summed E-state index contributed by atoms with van der Waals surface area (Å²) in [7, 11) is 0. The van der Waals surface area contributed by atoms with Gasteiger partial charge in [-0.1, -0.05) is 24.3 Å². The molecule has 3 aromatic rings. The largest absolute Gasteiger partial charge is 0.382 e. The molecule has 9 heteroatoms. The summed E-state index contributed by atoms with van der Waals surface area (Å²) in [5.74, 6) is 0.116. The molecule has 2 N–H and O–H groups in total. The number of rotatable bonds is 5. The third-order valence-corrected chi connectivity index (χ3v) is 6.03. The first kappa shape index (κ1) is 22.6. The van der Waals surface area contributed by atoms with E-state index >= 15 is 0 Å². The van der Waals surface area contributed by atoms with Crippen LogP contribution in [-0.4, -0.2) is 27.3 Å². The molecule has 2 heterocycles. The Morgan fingerprint density at radius 2 is 2.00 bits per heavy atom. The van der Waals surface area contributed by atoms with Crippen LogP contribution in [0.5, 0.6) is 0 Å². The Kier molecular flexibility index (Phi) is 6.28. The van der Waals surface area contributed by atoms with Crippen molar-refractivity contribution in [3.05, 3.63) is 75.5 Å². The van der Waals surface area contributed by atoms with Crippen molar-refractivity contribution in [2.24, 2.45) is 0 Å². The van der Waals surface area contributed by atoms with Crippen LogP contribution >= 0.6 is 0 Å². The van der Waals surface area contributed by atoms with Gasteiger partial charge in [0.25, 0.3) is 5.69 Å². The van der Waals surface area contributed by atoms with Crippen molar-refractivity contribution in [3.8, 4) is 17.8 Å². The van der Waals surface area contributed by atoms with E-state index in [4.69, 9.17) is 5.73 Å². The highest BCUT2D eigenvalue weighted by Crippen LogP contribution is 2.35. The minimum absolute atomic E-state index is 0.0189. The number of benzene rings is 2. The third-order valence-electron chi connectivity index (χ3n) is 6.03. The Hall–Kier alpha value is -4.63. The first-order valence-electron chi connectivity index (χ1n) is 11.0. The third kappa shape index (κ3) is 4.19. The van der Waals surface area contributed by atoms with Gasteiger partial charge in [-0.2, -0.15) is 15.6 Å². The number of hydrogen-bond donors (Lipinski definition) is 1. The maximum atomic E-state index is 11.9. The molecule has 1 aromatic heterocycles. The lowest BCUT2D eigenvalue weighted by atomic mass is 10.0.